The second-order valence-electron chi connectivity index (χ2n) is 9.01. The number of nitrogens with zero attached hydrogens (tertiary/aromatic N) is 3. The molecule has 2 aromatic rings. The summed E-state index contributed by atoms with van der Waals surface area (Å²) < 4.78 is 16.4. The molecule has 9 heteroatoms. The maximum absolute atomic E-state index is 14.8. The molecule has 1 saturated heterocycles. The number of carbonyl (C=O) groups excluding carboxylic acids is 3. The number of thioether (sulfide) groups is 1. The lowest BCUT2D eigenvalue weighted by Crippen LogP contribution is -2.43. The van der Waals surface area contributed by atoms with Crippen molar-refractivity contribution in [2.24, 2.45) is 5.92 Å². The minimum atomic E-state index is -0.639. The molecule has 1 aliphatic carbocycles. The van der Waals surface area contributed by atoms with E-state index in [1.165, 1.54) is 17.8 Å². The summed E-state index contributed by atoms with van der Waals surface area (Å²) in [5.74, 6) is -0.202. The lowest BCUT2D eigenvalue weighted by Gasteiger charge is -2.38. The monoisotopic (exact) mass is 519 g/mol. The van der Waals surface area contributed by atoms with Gasteiger partial charge in [0.2, 0.25) is 0 Å². The van der Waals surface area contributed by atoms with Crippen molar-refractivity contribution in [1.82, 2.24) is 14.7 Å². The Morgan fingerprint density at radius 1 is 1.20 bits per heavy atom. The van der Waals surface area contributed by atoms with Crippen LogP contribution in [0.5, 0.6) is 0 Å². The predicted octanol–water partition coefficient (Wildman–Crippen LogP) is 4.88. The van der Waals surface area contributed by atoms with E-state index < -0.39 is 6.04 Å². The number of carbonyl (C=O) groups is 3. The molecule has 0 radical (unpaired) electrons. The number of Topliss-reactive ketones (excluding diaryl/α,β-unsaturated/α-hetero) is 2. The van der Waals surface area contributed by atoms with E-state index in [0.29, 0.717) is 37.2 Å². The summed E-state index contributed by atoms with van der Waals surface area (Å²) in [6.07, 6.45) is 6.56. The summed E-state index contributed by atoms with van der Waals surface area (Å²) in [6, 6.07) is 7.71. The Bertz CT molecular complexity index is 1110. The zero-order valence-corrected chi connectivity index (χ0v) is 21.6. The van der Waals surface area contributed by atoms with E-state index in [9.17, 15) is 18.8 Å². The quantitative estimate of drug-likeness (QED) is 0.470. The van der Waals surface area contributed by atoms with Gasteiger partial charge in [0.1, 0.15) is 5.82 Å². The fourth-order valence-corrected chi connectivity index (χ4v) is 5.34. The molecule has 1 saturated carbocycles. The zero-order valence-electron chi connectivity index (χ0n) is 20.0. The van der Waals surface area contributed by atoms with Crippen LogP contribution in [-0.4, -0.2) is 49.7 Å². The third-order valence-electron chi connectivity index (χ3n) is 6.33. The highest BCUT2D eigenvalue weighted by molar-refractivity contribution is 8.14. The van der Waals surface area contributed by atoms with Crippen LogP contribution in [0.25, 0.3) is 6.08 Å². The molecule has 188 valence electrons. The molecule has 1 aromatic heterocycles. The number of likely N-dealkylation sites (tertiary alicyclic amines) is 1. The average Bonchev–Trinajstić information content (AvgIpc) is 3.57. The lowest BCUT2D eigenvalue weighted by molar-refractivity contribution is -0.126. The van der Waals surface area contributed by atoms with E-state index in [-0.39, 0.29) is 52.6 Å². The van der Waals surface area contributed by atoms with E-state index in [4.69, 9.17) is 0 Å². The average molecular weight is 520 g/mol. The van der Waals surface area contributed by atoms with Crippen LogP contribution in [0.2, 0.25) is 0 Å². The van der Waals surface area contributed by atoms with Crippen LogP contribution >= 0.6 is 24.2 Å². The van der Waals surface area contributed by atoms with E-state index in [2.05, 4.69) is 5.10 Å². The molecule has 0 spiro atoms. The van der Waals surface area contributed by atoms with Crippen LogP contribution in [0.1, 0.15) is 56.8 Å². The minimum Gasteiger partial charge on any atom is -0.298 e. The van der Waals surface area contributed by atoms with Gasteiger partial charge >= 0.3 is 0 Å². The maximum atomic E-state index is 14.8. The Kier molecular flexibility index (Phi) is 9.44. The SMILES string of the molecule is CCC(=O)Cn1ccc(C=C2CN(C(C(=O)C3CC3)c3ccccc3F)CCC2SC(C)=O)n1.Cl. The van der Waals surface area contributed by atoms with Gasteiger partial charge in [0.25, 0.3) is 0 Å². The number of hydrogen-bond acceptors (Lipinski definition) is 6. The van der Waals surface area contributed by atoms with Crippen molar-refractivity contribution in [3.8, 4) is 0 Å². The van der Waals surface area contributed by atoms with Crippen molar-refractivity contribution < 1.29 is 18.8 Å². The van der Waals surface area contributed by atoms with Crippen molar-refractivity contribution in [2.45, 2.75) is 57.4 Å². The first-order valence-electron chi connectivity index (χ1n) is 11.8. The van der Waals surface area contributed by atoms with Crippen LogP contribution < -0.4 is 0 Å². The smallest absolute Gasteiger partial charge is 0.186 e. The molecule has 2 atom stereocenters. The Labute approximate surface area is 215 Å². The van der Waals surface area contributed by atoms with Crippen LogP contribution in [0.4, 0.5) is 4.39 Å². The Morgan fingerprint density at radius 3 is 2.60 bits per heavy atom. The first-order valence-corrected chi connectivity index (χ1v) is 12.7. The second-order valence-corrected chi connectivity index (χ2v) is 10.4. The molecule has 6 nitrogen and oxygen atoms in total. The van der Waals surface area contributed by atoms with E-state index in [0.717, 1.165) is 18.4 Å². The molecular formula is C26H31ClFN3O3S. The van der Waals surface area contributed by atoms with Crippen LogP contribution in [0.15, 0.2) is 42.1 Å². The fourth-order valence-electron chi connectivity index (χ4n) is 4.42. The molecule has 1 aliphatic heterocycles. The Morgan fingerprint density at radius 2 is 1.94 bits per heavy atom. The Hall–Kier alpha value is -2.29. The standard InChI is InChI=1S/C26H30FN3O3S.ClH/c1-3-21(32)16-30-13-10-20(28-30)14-19-15-29(12-11-24(19)34-17(2)31)25(26(33)18-8-9-18)22-6-4-5-7-23(22)27;/h4-7,10,13-14,18,24-25H,3,8-9,11-12,15-16H2,1-2H3;1H. The second kappa shape index (κ2) is 12.1. The molecule has 35 heavy (non-hydrogen) atoms. The number of ketones is 2. The zero-order chi connectivity index (χ0) is 24.2. The Balaban J connectivity index is 0.00000342. The highest BCUT2D eigenvalue weighted by Crippen LogP contribution is 2.40. The first kappa shape index (κ1) is 27.3. The number of hydrogen-bond donors (Lipinski definition) is 0. The van der Waals surface area contributed by atoms with Crippen molar-refractivity contribution >= 4 is 46.9 Å². The summed E-state index contributed by atoms with van der Waals surface area (Å²) in [7, 11) is 0. The minimum absolute atomic E-state index is 0. The van der Waals surface area contributed by atoms with Gasteiger partial charge in [-0.05, 0) is 43.0 Å². The van der Waals surface area contributed by atoms with E-state index >= 15 is 0 Å². The van der Waals surface area contributed by atoms with Gasteiger partial charge in [0.15, 0.2) is 16.7 Å². The summed E-state index contributed by atoms with van der Waals surface area (Å²) in [5, 5.41) is 4.50. The molecule has 2 aliphatic rings. The summed E-state index contributed by atoms with van der Waals surface area (Å²) in [5.41, 5.74) is 2.09. The number of halogens is 2. The largest absolute Gasteiger partial charge is 0.298 e. The molecule has 2 unspecified atom stereocenters. The van der Waals surface area contributed by atoms with Gasteiger partial charge in [-0.2, -0.15) is 5.10 Å². The van der Waals surface area contributed by atoms with Crippen LogP contribution in [-0.2, 0) is 20.9 Å². The molecule has 2 fully saturated rings. The lowest BCUT2D eigenvalue weighted by atomic mass is 9.93. The van der Waals surface area contributed by atoms with Gasteiger partial charge in [-0.3, -0.25) is 24.0 Å². The van der Waals surface area contributed by atoms with E-state index in [1.807, 2.05) is 24.0 Å². The van der Waals surface area contributed by atoms with E-state index in [1.54, 1.807) is 36.0 Å². The molecule has 1 aromatic carbocycles. The molecule has 2 heterocycles. The molecule has 0 amide bonds. The highest BCUT2D eigenvalue weighted by atomic mass is 35.5. The van der Waals surface area contributed by atoms with Gasteiger partial charge < -0.3 is 0 Å². The molecular weight excluding hydrogens is 489 g/mol. The summed E-state index contributed by atoms with van der Waals surface area (Å²) >= 11 is 1.28. The first-order chi connectivity index (χ1) is 16.4. The third kappa shape index (κ3) is 6.90. The van der Waals surface area contributed by atoms with Gasteiger partial charge in [0.05, 0.1) is 18.3 Å². The van der Waals surface area contributed by atoms with Crippen molar-refractivity contribution in [3.63, 3.8) is 0 Å². The van der Waals surface area contributed by atoms with Gasteiger partial charge in [-0.15, -0.1) is 12.4 Å². The number of rotatable bonds is 9. The topological polar surface area (TPSA) is 72.3 Å². The van der Waals surface area contributed by atoms with Crippen LogP contribution in [0, 0.1) is 11.7 Å². The highest BCUT2D eigenvalue weighted by Gasteiger charge is 2.41. The van der Waals surface area contributed by atoms with Gasteiger partial charge in [-0.25, -0.2) is 4.39 Å². The van der Waals surface area contributed by atoms with Crippen molar-refractivity contribution in [2.75, 3.05) is 13.1 Å². The van der Waals surface area contributed by atoms with Gasteiger partial charge in [-0.1, -0.05) is 36.9 Å². The normalized spacial score (nSPS) is 20.3. The van der Waals surface area contributed by atoms with Crippen molar-refractivity contribution in [3.05, 3.63) is 59.2 Å². The maximum Gasteiger partial charge on any atom is 0.186 e. The summed E-state index contributed by atoms with van der Waals surface area (Å²) in [6.45, 7) is 4.65. The van der Waals surface area contributed by atoms with Gasteiger partial charge in [0, 0.05) is 49.4 Å². The number of benzene rings is 1. The molecule has 4 rings (SSSR count). The fraction of sp³-hybridized carbons (Fsp3) is 0.462. The number of piperidine rings is 1. The summed E-state index contributed by atoms with van der Waals surface area (Å²) in [4.78, 5) is 39.0. The predicted molar refractivity (Wildman–Crippen MR) is 138 cm³/mol. The number of aromatic nitrogens is 2. The van der Waals surface area contributed by atoms with Crippen LogP contribution in [0.3, 0.4) is 0 Å². The van der Waals surface area contributed by atoms with Crippen molar-refractivity contribution in [1.29, 1.82) is 0 Å². The third-order valence-corrected chi connectivity index (χ3v) is 7.48. The molecule has 0 N–H and O–H groups in total. The molecule has 0 bridgehead atoms.